The number of aryl methyl sites for hydroxylation is 1. The number of aliphatic hydroxyl groups excluding tert-OH is 1. The summed E-state index contributed by atoms with van der Waals surface area (Å²) in [6.45, 7) is 3.64. The number of nitrogens with one attached hydrogen (secondary N) is 2. The number of aliphatic hydroxyl groups is 1. The number of rotatable bonds is 6. The van der Waals surface area contributed by atoms with Crippen molar-refractivity contribution in [3.8, 4) is 0 Å². The molecule has 2 amide bonds. The van der Waals surface area contributed by atoms with Crippen molar-refractivity contribution < 1.29 is 14.7 Å². The largest absolute Gasteiger partial charge is 0.394 e. The van der Waals surface area contributed by atoms with Gasteiger partial charge in [-0.3, -0.25) is 9.59 Å². The molecule has 0 aliphatic heterocycles. The summed E-state index contributed by atoms with van der Waals surface area (Å²) in [7, 11) is 0. The number of halogens is 1. The summed E-state index contributed by atoms with van der Waals surface area (Å²) in [4.78, 5) is 24.7. The first kappa shape index (κ1) is 19.1. The predicted octanol–water partition coefficient (Wildman–Crippen LogP) is 3.51. The molecule has 0 aliphatic rings. The molecule has 0 heterocycles. The van der Waals surface area contributed by atoms with E-state index < -0.39 is 0 Å². The van der Waals surface area contributed by atoms with Gasteiger partial charge in [0.2, 0.25) is 0 Å². The lowest BCUT2D eigenvalue weighted by molar-refractivity contribution is 0.0914. The standard InChI is InChI=1S/C19H21BrN2O3/c1-3-16(11-23)21-19(25)14-5-4-12(2)17(10-14)22-18(24)13-6-8-15(20)9-7-13/h4-10,16,23H,3,11H2,1-2H3,(H,21,25)(H,22,24). The number of carbonyl (C=O) groups is 2. The average Bonchev–Trinajstić information content (AvgIpc) is 2.61. The second kappa shape index (κ2) is 8.78. The van der Waals surface area contributed by atoms with Gasteiger partial charge < -0.3 is 15.7 Å². The van der Waals surface area contributed by atoms with Crippen LogP contribution in [0.2, 0.25) is 0 Å². The van der Waals surface area contributed by atoms with Crippen molar-refractivity contribution in [1.82, 2.24) is 5.32 Å². The van der Waals surface area contributed by atoms with E-state index in [-0.39, 0.29) is 24.5 Å². The summed E-state index contributed by atoms with van der Waals surface area (Å²) < 4.78 is 0.897. The molecule has 3 N–H and O–H groups in total. The van der Waals surface area contributed by atoms with Crippen molar-refractivity contribution in [1.29, 1.82) is 0 Å². The zero-order valence-corrected chi connectivity index (χ0v) is 15.8. The van der Waals surface area contributed by atoms with Crippen molar-refractivity contribution >= 4 is 33.4 Å². The monoisotopic (exact) mass is 404 g/mol. The SMILES string of the molecule is CCC(CO)NC(=O)c1ccc(C)c(NC(=O)c2ccc(Br)cc2)c1. The zero-order valence-electron chi connectivity index (χ0n) is 14.2. The van der Waals surface area contributed by atoms with Gasteiger partial charge in [0.25, 0.3) is 11.8 Å². The third kappa shape index (κ3) is 5.14. The Morgan fingerprint density at radius 1 is 1.08 bits per heavy atom. The van der Waals surface area contributed by atoms with Crippen molar-refractivity contribution in [2.75, 3.05) is 11.9 Å². The molecular weight excluding hydrogens is 384 g/mol. The molecule has 0 radical (unpaired) electrons. The van der Waals surface area contributed by atoms with Crippen molar-refractivity contribution in [2.45, 2.75) is 26.3 Å². The Kier molecular flexibility index (Phi) is 6.73. The quantitative estimate of drug-likeness (QED) is 0.688. The van der Waals surface area contributed by atoms with Crippen molar-refractivity contribution in [2.24, 2.45) is 0 Å². The lowest BCUT2D eigenvalue weighted by atomic mass is 10.1. The number of amides is 2. The lowest BCUT2D eigenvalue weighted by Crippen LogP contribution is -2.36. The maximum Gasteiger partial charge on any atom is 0.255 e. The molecule has 0 saturated heterocycles. The Morgan fingerprint density at radius 2 is 1.72 bits per heavy atom. The van der Waals surface area contributed by atoms with Gasteiger partial charge in [-0.1, -0.05) is 28.9 Å². The Balaban J connectivity index is 2.17. The summed E-state index contributed by atoms with van der Waals surface area (Å²) >= 11 is 3.34. The van der Waals surface area contributed by atoms with Crippen LogP contribution in [0.3, 0.4) is 0 Å². The first-order valence-corrected chi connectivity index (χ1v) is 8.83. The summed E-state index contributed by atoms with van der Waals surface area (Å²) in [5.74, 6) is -0.519. The molecule has 0 saturated carbocycles. The van der Waals surface area contributed by atoms with E-state index in [1.54, 1.807) is 42.5 Å². The fourth-order valence-corrected chi connectivity index (χ4v) is 2.50. The van der Waals surface area contributed by atoms with Gasteiger partial charge in [-0.2, -0.15) is 0 Å². The van der Waals surface area contributed by atoms with Gasteiger partial charge in [-0.05, 0) is 55.3 Å². The molecule has 0 aromatic heterocycles. The van der Waals surface area contributed by atoms with E-state index in [1.165, 1.54) is 0 Å². The molecule has 25 heavy (non-hydrogen) atoms. The van der Waals surface area contributed by atoms with E-state index in [0.29, 0.717) is 23.2 Å². The van der Waals surface area contributed by atoms with Gasteiger partial charge >= 0.3 is 0 Å². The van der Waals surface area contributed by atoms with Crippen LogP contribution in [0.5, 0.6) is 0 Å². The molecule has 0 aliphatic carbocycles. The van der Waals surface area contributed by atoms with E-state index in [2.05, 4.69) is 26.6 Å². The van der Waals surface area contributed by atoms with E-state index in [4.69, 9.17) is 0 Å². The Bertz CT molecular complexity index is 756. The highest BCUT2D eigenvalue weighted by Gasteiger charge is 2.14. The van der Waals surface area contributed by atoms with Crippen LogP contribution in [-0.4, -0.2) is 29.6 Å². The van der Waals surface area contributed by atoms with Crippen molar-refractivity contribution in [3.05, 3.63) is 63.6 Å². The molecule has 2 rings (SSSR count). The second-order valence-corrected chi connectivity index (χ2v) is 6.67. The molecule has 5 nitrogen and oxygen atoms in total. The smallest absolute Gasteiger partial charge is 0.255 e. The van der Waals surface area contributed by atoms with Crippen LogP contribution < -0.4 is 10.6 Å². The summed E-state index contributed by atoms with van der Waals surface area (Å²) in [5.41, 5.74) is 2.40. The van der Waals surface area contributed by atoms with Gasteiger partial charge in [0.1, 0.15) is 0 Å². The third-order valence-electron chi connectivity index (χ3n) is 3.90. The van der Waals surface area contributed by atoms with E-state index in [0.717, 1.165) is 10.0 Å². The third-order valence-corrected chi connectivity index (χ3v) is 4.43. The number of benzene rings is 2. The number of hydrogen-bond donors (Lipinski definition) is 3. The van der Waals surface area contributed by atoms with E-state index in [1.807, 2.05) is 13.8 Å². The average molecular weight is 405 g/mol. The molecule has 0 bridgehead atoms. The molecule has 1 unspecified atom stereocenters. The van der Waals surface area contributed by atoms with Crippen LogP contribution in [0, 0.1) is 6.92 Å². The minimum atomic E-state index is -0.283. The highest BCUT2D eigenvalue weighted by atomic mass is 79.9. The van der Waals surface area contributed by atoms with Gasteiger partial charge in [0.05, 0.1) is 12.6 Å². The number of carbonyl (C=O) groups excluding carboxylic acids is 2. The first-order chi connectivity index (χ1) is 11.9. The van der Waals surface area contributed by atoms with Crippen LogP contribution >= 0.6 is 15.9 Å². The zero-order chi connectivity index (χ0) is 18.4. The molecule has 132 valence electrons. The van der Waals surface area contributed by atoms with E-state index in [9.17, 15) is 14.7 Å². The molecule has 0 fully saturated rings. The van der Waals surface area contributed by atoms with Crippen LogP contribution in [0.25, 0.3) is 0 Å². The highest BCUT2D eigenvalue weighted by molar-refractivity contribution is 9.10. The normalized spacial score (nSPS) is 11.7. The molecular formula is C19H21BrN2O3. The maximum absolute atomic E-state index is 12.4. The number of anilines is 1. The predicted molar refractivity (Wildman–Crippen MR) is 102 cm³/mol. The first-order valence-electron chi connectivity index (χ1n) is 8.04. The summed E-state index contributed by atoms with van der Waals surface area (Å²) in [6.07, 6.45) is 0.640. The van der Waals surface area contributed by atoms with E-state index >= 15 is 0 Å². The van der Waals surface area contributed by atoms with Gasteiger partial charge in [-0.25, -0.2) is 0 Å². The van der Waals surface area contributed by atoms with Crippen LogP contribution in [0.15, 0.2) is 46.9 Å². The second-order valence-electron chi connectivity index (χ2n) is 5.75. The molecule has 1 atom stereocenters. The molecule has 0 spiro atoms. The summed E-state index contributed by atoms with van der Waals surface area (Å²) in [6, 6.07) is 11.9. The van der Waals surface area contributed by atoms with Gasteiger partial charge in [0, 0.05) is 21.3 Å². The van der Waals surface area contributed by atoms with Crippen LogP contribution in [0.1, 0.15) is 39.6 Å². The van der Waals surface area contributed by atoms with Crippen molar-refractivity contribution in [3.63, 3.8) is 0 Å². The topological polar surface area (TPSA) is 78.4 Å². The Labute approximate surface area is 155 Å². The molecule has 6 heteroatoms. The molecule has 2 aromatic carbocycles. The Morgan fingerprint density at radius 3 is 2.32 bits per heavy atom. The minimum absolute atomic E-state index is 0.110. The minimum Gasteiger partial charge on any atom is -0.394 e. The Hall–Kier alpha value is -2.18. The van der Waals surface area contributed by atoms with Crippen LogP contribution in [-0.2, 0) is 0 Å². The lowest BCUT2D eigenvalue weighted by Gasteiger charge is -2.15. The maximum atomic E-state index is 12.4. The van der Waals surface area contributed by atoms with Gasteiger partial charge in [-0.15, -0.1) is 0 Å². The van der Waals surface area contributed by atoms with Crippen LogP contribution in [0.4, 0.5) is 5.69 Å². The molecule has 2 aromatic rings. The number of hydrogen-bond acceptors (Lipinski definition) is 3. The highest BCUT2D eigenvalue weighted by Crippen LogP contribution is 2.19. The van der Waals surface area contributed by atoms with Gasteiger partial charge in [0.15, 0.2) is 0 Å². The fourth-order valence-electron chi connectivity index (χ4n) is 2.24. The fraction of sp³-hybridized carbons (Fsp3) is 0.263. The summed E-state index contributed by atoms with van der Waals surface area (Å²) in [5, 5.41) is 14.8.